The first-order chi connectivity index (χ1) is 5.30. The van der Waals surface area contributed by atoms with Crippen LogP contribution in [0.15, 0.2) is 30.3 Å². The van der Waals surface area contributed by atoms with Gasteiger partial charge in [-0.1, -0.05) is 30.3 Å². The van der Waals surface area contributed by atoms with E-state index in [0.717, 1.165) is 5.56 Å². The molecule has 0 aliphatic carbocycles. The summed E-state index contributed by atoms with van der Waals surface area (Å²) >= 11 is 0. The zero-order chi connectivity index (χ0) is 8.69. The van der Waals surface area contributed by atoms with Gasteiger partial charge in [0.15, 0.2) is 5.78 Å². The fourth-order valence-corrected chi connectivity index (χ4v) is 0.673. The summed E-state index contributed by atoms with van der Waals surface area (Å²) in [5.41, 5.74) is 0.775. The van der Waals surface area contributed by atoms with Gasteiger partial charge in [-0.3, -0.25) is 4.79 Å². The first kappa shape index (κ1) is 14.5. The number of benzene rings is 1. The van der Waals surface area contributed by atoms with Crippen molar-refractivity contribution in [2.75, 3.05) is 0 Å². The average Bonchev–Trinajstić information content (AvgIpc) is 2.10. The molecule has 0 spiro atoms. The molecule has 0 saturated carbocycles. The van der Waals surface area contributed by atoms with E-state index in [2.05, 4.69) is 6.92 Å². The standard InChI is InChI=1S/C8H8O.C2H5.Y/c1-7(9)8-5-3-2-4-6-8;1-2;/h2-6H,1H3;1H2,2H3;/q;-1;. The predicted octanol–water partition coefficient (Wildman–Crippen LogP) is 2.73. The zero-order valence-corrected chi connectivity index (χ0v) is 10.4. The van der Waals surface area contributed by atoms with E-state index in [4.69, 9.17) is 0 Å². The molecular weight excluding hydrogens is 225 g/mol. The Labute approximate surface area is 99.4 Å². The molecule has 12 heavy (non-hydrogen) atoms. The molecule has 0 unspecified atom stereocenters. The molecule has 1 aromatic carbocycles. The first-order valence-corrected chi connectivity index (χ1v) is 3.57. The molecule has 63 valence electrons. The van der Waals surface area contributed by atoms with Crippen LogP contribution in [-0.4, -0.2) is 5.78 Å². The average molecular weight is 238 g/mol. The SMILES string of the molecule is CC(=O)c1ccccc1.[CH2-]C.[Y]. The van der Waals surface area contributed by atoms with Gasteiger partial charge in [-0.25, -0.2) is 0 Å². The fourth-order valence-electron chi connectivity index (χ4n) is 0.673. The second-order valence-electron chi connectivity index (χ2n) is 1.92. The van der Waals surface area contributed by atoms with Crippen molar-refractivity contribution in [2.45, 2.75) is 13.8 Å². The van der Waals surface area contributed by atoms with Gasteiger partial charge in [-0.15, -0.1) is 0 Å². The topological polar surface area (TPSA) is 17.1 Å². The van der Waals surface area contributed by atoms with Gasteiger partial charge in [-0.05, 0) is 6.92 Å². The predicted molar refractivity (Wildman–Crippen MR) is 47.5 cm³/mol. The quantitative estimate of drug-likeness (QED) is 0.543. The van der Waals surface area contributed by atoms with Gasteiger partial charge in [0.05, 0.1) is 0 Å². The van der Waals surface area contributed by atoms with Crippen molar-refractivity contribution in [3.8, 4) is 0 Å². The Bertz CT molecular complexity index is 206. The Hall–Kier alpha value is -0.00610. The second kappa shape index (κ2) is 9.08. The summed E-state index contributed by atoms with van der Waals surface area (Å²) in [5, 5.41) is 0. The van der Waals surface area contributed by atoms with E-state index in [9.17, 15) is 4.79 Å². The molecule has 0 aromatic heterocycles. The van der Waals surface area contributed by atoms with Gasteiger partial charge in [-0.2, -0.15) is 6.92 Å². The summed E-state index contributed by atoms with van der Waals surface area (Å²) in [5.74, 6) is 0.121. The molecule has 0 fully saturated rings. The monoisotopic (exact) mass is 238 g/mol. The largest absolute Gasteiger partial charge is 0.346 e. The van der Waals surface area contributed by atoms with Crippen molar-refractivity contribution < 1.29 is 37.5 Å². The van der Waals surface area contributed by atoms with Crippen LogP contribution in [0.2, 0.25) is 0 Å². The van der Waals surface area contributed by atoms with Crippen LogP contribution < -0.4 is 0 Å². The number of hydrogen-bond acceptors (Lipinski definition) is 1. The second-order valence-corrected chi connectivity index (χ2v) is 1.92. The van der Waals surface area contributed by atoms with Crippen molar-refractivity contribution >= 4 is 5.78 Å². The third-order valence-electron chi connectivity index (χ3n) is 1.18. The molecule has 0 saturated heterocycles. The Morgan fingerprint density at radius 3 is 1.83 bits per heavy atom. The van der Waals surface area contributed by atoms with E-state index in [1.54, 1.807) is 13.8 Å². The van der Waals surface area contributed by atoms with Crippen LogP contribution in [0, 0.1) is 6.92 Å². The molecule has 0 aliphatic rings. The fraction of sp³-hybridized carbons (Fsp3) is 0.200. The molecule has 2 heteroatoms. The van der Waals surface area contributed by atoms with Crippen molar-refractivity contribution in [3.63, 3.8) is 0 Å². The smallest absolute Gasteiger partial charge is 0.159 e. The van der Waals surface area contributed by atoms with Gasteiger partial charge >= 0.3 is 0 Å². The summed E-state index contributed by atoms with van der Waals surface area (Å²) in [4.78, 5) is 10.6. The number of carbonyl (C=O) groups is 1. The maximum Gasteiger partial charge on any atom is 0.159 e. The number of ketones is 1. The van der Waals surface area contributed by atoms with Crippen LogP contribution in [0.5, 0.6) is 0 Å². The molecule has 0 heterocycles. The third kappa shape index (κ3) is 5.62. The van der Waals surface area contributed by atoms with Gasteiger partial charge in [0.1, 0.15) is 0 Å². The Kier molecular flexibility index (Phi) is 11.0. The summed E-state index contributed by atoms with van der Waals surface area (Å²) in [6.07, 6.45) is 0. The van der Waals surface area contributed by atoms with Gasteiger partial charge in [0, 0.05) is 38.3 Å². The number of carbonyl (C=O) groups excluding carboxylic acids is 1. The Balaban J connectivity index is 0. The van der Waals surface area contributed by atoms with Crippen LogP contribution in [0.25, 0.3) is 0 Å². The van der Waals surface area contributed by atoms with Crippen molar-refractivity contribution in [1.82, 2.24) is 0 Å². The molecule has 0 bridgehead atoms. The van der Waals surface area contributed by atoms with Crippen LogP contribution in [0.4, 0.5) is 0 Å². The van der Waals surface area contributed by atoms with Crippen LogP contribution in [0.1, 0.15) is 24.2 Å². The summed E-state index contributed by atoms with van der Waals surface area (Å²) in [7, 11) is 0. The van der Waals surface area contributed by atoms with Crippen LogP contribution >= 0.6 is 0 Å². The minimum absolute atomic E-state index is 0. The number of hydrogen-bond donors (Lipinski definition) is 0. The first-order valence-electron chi connectivity index (χ1n) is 3.57. The van der Waals surface area contributed by atoms with Gasteiger partial charge < -0.3 is 6.92 Å². The summed E-state index contributed by atoms with van der Waals surface area (Å²) < 4.78 is 0. The molecule has 0 aliphatic heterocycles. The molecular formula is C10H13OY-. The molecule has 1 nitrogen and oxygen atoms in total. The van der Waals surface area contributed by atoms with Crippen molar-refractivity contribution in [1.29, 1.82) is 0 Å². The Morgan fingerprint density at radius 1 is 1.17 bits per heavy atom. The van der Waals surface area contributed by atoms with Gasteiger partial charge in [0.25, 0.3) is 0 Å². The molecule has 0 atom stereocenters. The molecule has 1 aromatic rings. The van der Waals surface area contributed by atoms with E-state index < -0.39 is 0 Å². The number of Topliss-reactive ketones (excluding diaryl/α,β-unsaturated/α-hetero) is 1. The molecule has 0 N–H and O–H groups in total. The molecule has 1 rings (SSSR count). The Morgan fingerprint density at radius 2 is 1.58 bits per heavy atom. The van der Waals surface area contributed by atoms with E-state index in [0.29, 0.717) is 0 Å². The van der Waals surface area contributed by atoms with Gasteiger partial charge in [0.2, 0.25) is 0 Å². The summed E-state index contributed by atoms with van der Waals surface area (Å²) in [6.45, 7) is 6.56. The molecule has 0 amide bonds. The van der Waals surface area contributed by atoms with E-state index >= 15 is 0 Å². The van der Waals surface area contributed by atoms with Crippen LogP contribution in [-0.2, 0) is 32.7 Å². The minimum atomic E-state index is 0. The molecule has 1 radical (unpaired) electrons. The maximum absolute atomic E-state index is 10.6. The minimum Gasteiger partial charge on any atom is -0.346 e. The third-order valence-corrected chi connectivity index (χ3v) is 1.18. The van der Waals surface area contributed by atoms with E-state index in [1.165, 1.54) is 0 Å². The number of rotatable bonds is 1. The summed E-state index contributed by atoms with van der Waals surface area (Å²) in [6, 6.07) is 9.23. The van der Waals surface area contributed by atoms with E-state index in [-0.39, 0.29) is 38.5 Å². The van der Waals surface area contributed by atoms with E-state index in [1.807, 2.05) is 30.3 Å². The van der Waals surface area contributed by atoms with Crippen LogP contribution in [0.3, 0.4) is 0 Å². The van der Waals surface area contributed by atoms with Crippen molar-refractivity contribution in [3.05, 3.63) is 42.8 Å². The van der Waals surface area contributed by atoms with Crippen molar-refractivity contribution in [2.24, 2.45) is 0 Å². The maximum atomic E-state index is 10.6. The normalized spacial score (nSPS) is 7.25. The zero-order valence-electron chi connectivity index (χ0n) is 7.58.